The fourth-order valence-corrected chi connectivity index (χ4v) is 3.36. The first-order chi connectivity index (χ1) is 11.6. The maximum Gasteiger partial charge on any atom is 0.340 e. The molecule has 0 spiro atoms. The lowest BCUT2D eigenvalue weighted by atomic mass is 10.1. The van der Waals surface area contributed by atoms with Gasteiger partial charge in [0.2, 0.25) is 0 Å². The van der Waals surface area contributed by atoms with Gasteiger partial charge >= 0.3 is 11.9 Å². The molecule has 0 atom stereocenters. The topological polar surface area (TPSA) is 57.5 Å². The number of aryl methyl sites for hydroxylation is 1. The Morgan fingerprint density at radius 1 is 1.24 bits per heavy atom. The first-order valence-electron chi connectivity index (χ1n) is 8.20. The van der Waals surface area contributed by atoms with E-state index < -0.39 is 11.6 Å². The van der Waals surface area contributed by atoms with Crippen LogP contribution in [0.25, 0.3) is 10.9 Å². The monoisotopic (exact) mass is 365 g/mol. The van der Waals surface area contributed by atoms with Crippen LogP contribution < -0.4 is 0 Å². The van der Waals surface area contributed by atoms with Crippen molar-refractivity contribution in [3.8, 4) is 0 Å². The molecule has 0 N–H and O–H groups in total. The smallest absolute Gasteiger partial charge is 0.340 e. The van der Waals surface area contributed by atoms with E-state index in [-0.39, 0.29) is 12.5 Å². The predicted molar refractivity (Wildman–Crippen MR) is 98.2 cm³/mol. The van der Waals surface area contributed by atoms with Gasteiger partial charge in [0.15, 0.2) is 0 Å². The van der Waals surface area contributed by atoms with E-state index >= 15 is 0 Å². The molecule has 5 nitrogen and oxygen atoms in total. The van der Waals surface area contributed by atoms with Gasteiger partial charge in [0.1, 0.15) is 12.1 Å². The third-order valence-corrected chi connectivity index (χ3v) is 4.07. The highest BCUT2D eigenvalue weighted by atomic mass is 35.5. The van der Waals surface area contributed by atoms with Crippen LogP contribution in [0.15, 0.2) is 12.1 Å². The Morgan fingerprint density at radius 3 is 2.40 bits per heavy atom. The number of fused-ring (bicyclic) bond motifs is 1. The van der Waals surface area contributed by atoms with Crippen LogP contribution in [-0.2, 0) is 27.2 Å². The molecule has 0 amide bonds. The minimum Gasteiger partial charge on any atom is -0.465 e. The van der Waals surface area contributed by atoms with Crippen molar-refractivity contribution in [3.05, 3.63) is 34.0 Å². The van der Waals surface area contributed by atoms with Gasteiger partial charge in [-0.1, -0.05) is 18.5 Å². The molecular formula is C19H24ClNO4. The standard InChI is InChI=1S/C19H24ClNO4/c1-7-14-16(18(23)24-6)13-9-12(20)8-11(2)17(13)21(14)10-15(22)25-19(3,4)5/h8-9H,7,10H2,1-6H3. The normalized spacial score (nSPS) is 11.6. The maximum absolute atomic E-state index is 12.4. The number of carbonyl (C=O) groups is 2. The Balaban J connectivity index is 2.70. The third kappa shape index (κ3) is 3.98. The molecule has 0 radical (unpaired) electrons. The molecule has 0 saturated heterocycles. The average molecular weight is 366 g/mol. The van der Waals surface area contributed by atoms with E-state index in [9.17, 15) is 9.59 Å². The van der Waals surface area contributed by atoms with Crippen molar-refractivity contribution in [3.63, 3.8) is 0 Å². The summed E-state index contributed by atoms with van der Waals surface area (Å²) in [6, 6.07) is 3.55. The SMILES string of the molecule is CCc1c(C(=O)OC)c2cc(Cl)cc(C)c2n1CC(=O)OC(C)(C)C. The number of hydrogen-bond donors (Lipinski definition) is 0. The van der Waals surface area contributed by atoms with Crippen LogP contribution >= 0.6 is 11.6 Å². The fourth-order valence-electron chi connectivity index (χ4n) is 3.08. The molecule has 0 aliphatic heterocycles. The van der Waals surface area contributed by atoms with Crippen LogP contribution in [0, 0.1) is 6.92 Å². The number of halogens is 1. The fraction of sp³-hybridized carbons (Fsp3) is 0.474. The van der Waals surface area contributed by atoms with Gasteiger partial charge in [-0.2, -0.15) is 0 Å². The summed E-state index contributed by atoms with van der Waals surface area (Å²) in [5.74, 6) is -0.795. The molecule has 0 saturated carbocycles. The number of rotatable bonds is 4. The molecule has 1 aromatic carbocycles. The molecule has 1 heterocycles. The van der Waals surface area contributed by atoms with E-state index in [0.717, 1.165) is 16.8 Å². The van der Waals surface area contributed by atoms with Gasteiger partial charge in [0.05, 0.1) is 18.2 Å². The summed E-state index contributed by atoms with van der Waals surface area (Å²) < 4.78 is 12.2. The van der Waals surface area contributed by atoms with Crippen LogP contribution in [0.3, 0.4) is 0 Å². The Labute approximate surface area is 152 Å². The Kier molecular flexibility index (Phi) is 5.47. The molecule has 0 aliphatic carbocycles. The van der Waals surface area contributed by atoms with Gasteiger partial charge in [-0.25, -0.2) is 4.79 Å². The van der Waals surface area contributed by atoms with Crippen LogP contribution in [0.2, 0.25) is 5.02 Å². The van der Waals surface area contributed by atoms with Crippen LogP contribution in [0.5, 0.6) is 0 Å². The van der Waals surface area contributed by atoms with Crippen molar-refractivity contribution >= 4 is 34.4 Å². The molecule has 2 aromatic rings. The Hall–Kier alpha value is -2.01. The van der Waals surface area contributed by atoms with Crippen molar-refractivity contribution in [2.45, 2.75) is 53.2 Å². The zero-order valence-electron chi connectivity index (χ0n) is 15.5. The minimum absolute atomic E-state index is 0.0242. The molecule has 0 unspecified atom stereocenters. The average Bonchev–Trinajstić information content (AvgIpc) is 2.77. The van der Waals surface area contributed by atoms with Gasteiger partial charge in [0, 0.05) is 16.1 Å². The number of methoxy groups -OCH3 is 1. The lowest BCUT2D eigenvalue weighted by Gasteiger charge is -2.20. The molecular weight excluding hydrogens is 342 g/mol. The minimum atomic E-state index is -0.573. The van der Waals surface area contributed by atoms with Crippen LogP contribution in [0.4, 0.5) is 0 Å². The Morgan fingerprint density at radius 2 is 1.88 bits per heavy atom. The van der Waals surface area contributed by atoms with Crippen molar-refractivity contribution in [2.75, 3.05) is 7.11 Å². The summed E-state index contributed by atoms with van der Waals surface area (Å²) in [5.41, 5.74) is 2.30. The number of nitrogens with zero attached hydrogens (tertiary/aromatic N) is 1. The first-order valence-corrected chi connectivity index (χ1v) is 8.58. The summed E-state index contributed by atoms with van der Waals surface area (Å²) >= 11 is 6.19. The van der Waals surface area contributed by atoms with Gasteiger partial charge in [-0.3, -0.25) is 4.79 Å². The number of hydrogen-bond acceptors (Lipinski definition) is 4. The van der Waals surface area contributed by atoms with E-state index in [4.69, 9.17) is 21.1 Å². The number of aromatic nitrogens is 1. The Bertz CT molecular complexity index is 830. The zero-order valence-corrected chi connectivity index (χ0v) is 16.3. The van der Waals surface area contributed by atoms with Crippen molar-refractivity contribution in [2.24, 2.45) is 0 Å². The number of esters is 2. The van der Waals surface area contributed by atoms with E-state index in [2.05, 4.69) is 0 Å². The summed E-state index contributed by atoms with van der Waals surface area (Å²) in [5, 5.41) is 1.23. The number of benzene rings is 1. The number of carbonyl (C=O) groups excluding carboxylic acids is 2. The first kappa shape index (κ1) is 19.3. The number of ether oxygens (including phenoxy) is 2. The lowest BCUT2D eigenvalue weighted by Crippen LogP contribution is -2.27. The van der Waals surface area contributed by atoms with E-state index in [0.29, 0.717) is 22.4 Å². The van der Waals surface area contributed by atoms with Gasteiger partial charge < -0.3 is 14.0 Å². The third-order valence-electron chi connectivity index (χ3n) is 3.85. The second kappa shape index (κ2) is 7.08. The van der Waals surface area contributed by atoms with Crippen molar-refractivity contribution in [1.29, 1.82) is 0 Å². The maximum atomic E-state index is 12.4. The van der Waals surface area contributed by atoms with E-state index in [1.807, 2.05) is 45.3 Å². The molecule has 136 valence electrons. The lowest BCUT2D eigenvalue weighted by molar-refractivity contribution is -0.155. The van der Waals surface area contributed by atoms with Crippen LogP contribution in [0.1, 0.15) is 49.3 Å². The second-order valence-corrected chi connectivity index (χ2v) is 7.39. The predicted octanol–water partition coefficient (Wildman–Crippen LogP) is 4.29. The molecule has 0 bridgehead atoms. The van der Waals surface area contributed by atoms with Crippen molar-refractivity contribution in [1.82, 2.24) is 4.57 Å². The summed E-state index contributed by atoms with van der Waals surface area (Å²) in [7, 11) is 1.34. The quantitative estimate of drug-likeness (QED) is 0.758. The van der Waals surface area contributed by atoms with E-state index in [1.165, 1.54) is 7.11 Å². The summed E-state index contributed by atoms with van der Waals surface area (Å²) in [4.78, 5) is 24.7. The van der Waals surface area contributed by atoms with Gasteiger partial charge in [-0.15, -0.1) is 0 Å². The van der Waals surface area contributed by atoms with Crippen molar-refractivity contribution < 1.29 is 19.1 Å². The molecule has 0 fully saturated rings. The van der Waals surface area contributed by atoms with Gasteiger partial charge in [-0.05, 0) is 51.8 Å². The highest BCUT2D eigenvalue weighted by Gasteiger charge is 2.26. The van der Waals surface area contributed by atoms with Crippen LogP contribution in [-0.4, -0.2) is 29.2 Å². The summed E-state index contributed by atoms with van der Waals surface area (Å²) in [6.07, 6.45) is 0.568. The molecule has 25 heavy (non-hydrogen) atoms. The largest absolute Gasteiger partial charge is 0.465 e. The summed E-state index contributed by atoms with van der Waals surface area (Å²) in [6.45, 7) is 9.33. The zero-order chi connectivity index (χ0) is 18.9. The van der Waals surface area contributed by atoms with Gasteiger partial charge in [0.25, 0.3) is 0 Å². The highest BCUT2D eigenvalue weighted by molar-refractivity contribution is 6.31. The molecule has 0 aliphatic rings. The molecule has 1 aromatic heterocycles. The molecule has 2 rings (SSSR count). The highest BCUT2D eigenvalue weighted by Crippen LogP contribution is 2.32. The second-order valence-electron chi connectivity index (χ2n) is 6.96. The van der Waals surface area contributed by atoms with E-state index in [1.54, 1.807) is 6.07 Å². The molecule has 6 heteroatoms.